The summed E-state index contributed by atoms with van der Waals surface area (Å²) in [5.41, 5.74) is 1.03. The maximum absolute atomic E-state index is 13.0. The van der Waals surface area contributed by atoms with Crippen molar-refractivity contribution in [3.63, 3.8) is 0 Å². The molecule has 0 bridgehead atoms. The Labute approximate surface area is 173 Å². The molecule has 1 atom stereocenters. The van der Waals surface area contributed by atoms with Crippen molar-refractivity contribution in [1.29, 1.82) is 0 Å². The maximum Gasteiger partial charge on any atom is 0.295 e. The molecule has 2 heterocycles. The molecular formula is C22H21ClN2O4. The molecule has 1 aromatic heterocycles. The summed E-state index contributed by atoms with van der Waals surface area (Å²) in [5, 5.41) is 20.9. The zero-order chi connectivity index (χ0) is 20.5. The van der Waals surface area contributed by atoms with Gasteiger partial charge in [0.1, 0.15) is 11.5 Å². The Morgan fingerprint density at radius 1 is 1.07 bits per heavy atom. The van der Waals surface area contributed by atoms with Gasteiger partial charge in [0.15, 0.2) is 0 Å². The molecule has 150 valence electrons. The summed E-state index contributed by atoms with van der Waals surface area (Å²) in [4.78, 5) is 31.6. The van der Waals surface area contributed by atoms with E-state index in [9.17, 15) is 19.8 Å². The first-order valence-electron chi connectivity index (χ1n) is 9.68. The summed E-state index contributed by atoms with van der Waals surface area (Å²) in [7, 11) is 0. The van der Waals surface area contributed by atoms with E-state index < -0.39 is 17.7 Å². The lowest BCUT2D eigenvalue weighted by Gasteiger charge is -2.35. The number of carbonyl (C=O) groups excluding carboxylic acids is 2. The van der Waals surface area contributed by atoms with E-state index in [1.165, 1.54) is 18.5 Å². The molecule has 7 heteroatoms. The Hall–Kier alpha value is -2.86. The van der Waals surface area contributed by atoms with Crippen molar-refractivity contribution in [1.82, 2.24) is 9.88 Å². The van der Waals surface area contributed by atoms with E-state index in [0.29, 0.717) is 11.1 Å². The number of aliphatic hydroxyl groups is 1. The van der Waals surface area contributed by atoms with E-state index in [4.69, 9.17) is 11.6 Å². The fraction of sp³-hybridized carbons (Fsp3) is 0.318. The number of Topliss-reactive ketones (excluding diaryl/α,β-unsaturated/α-hetero) is 1. The number of rotatable bonds is 3. The highest BCUT2D eigenvalue weighted by Gasteiger charge is 2.48. The number of aliphatic hydroxyl groups excluding tert-OH is 1. The molecule has 4 rings (SSSR count). The van der Waals surface area contributed by atoms with Crippen molar-refractivity contribution in [3.05, 3.63) is 64.4 Å². The summed E-state index contributed by atoms with van der Waals surface area (Å²) >= 11 is 6.12. The third kappa shape index (κ3) is 3.49. The largest absolute Gasteiger partial charge is 0.507 e. The minimum Gasteiger partial charge on any atom is -0.507 e. The second-order valence-corrected chi connectivity index (χ2v) is 7.85. The van der Waals surface area contributed by atoms with Gasteiger partial charge in [0.25, 0.3) is 11.7 Å². The van der Waals surface area contributed by atoms with Gasteiger partial charge in [-0.05, 0) is 42.7 Å². The number of amides is 1. The molecule has 1 amide bonds. The van der Waals surface area contributed by atoms with Gasteiger partial charge in [0.05, 0.1) is 16.6 Å². The number of ketones is 1. The van der Waals surface area contributed by atoms with Crippen LogP contribution in [-0.4, -0.2) is 37.8 Å². The highest BCUT2D eigenvalue weighted by Crippen LogP contribution is 2.44. The molecule has 2 fully saturated rings. The normalized spacial score (nSPS) is 22.2. The van der Waals surface area contributed by atoms with Crippen LogP contribution in [0.25, 0.3) is 5.76 Å². The lowest BCUT2D eigenvalue weighted by molar-refractivity contribution is -0.141. The van der Waals surface area contributed by atoms with Crippen LogP contribution in [-0.2, 0) is 9.59 Å². The number of benzene rings is 1. The molecule has 0 spiro atoms. The fourth-order valence-corrected chi connectivity index (χ4v) is 4.46. The second kappa shape index (κ2) is 7.87. The average molecular weight is 413 g/mol. The molecule has 6 nitrogen and oxygen atoms in total. The average Bonchev–Trinajstić information content (AvgIpc) is 3.01. The van der Waals surface area contributed by atoms with Crippen molar-refractivity contribution in [2.75, 3.05) is 0 Å². The highest BCUT2D eigenvalue weighted by atomic mass is 35.5. The molecule has 29 heavy (non-hydrogen) atoms. The molecule has 1 unspecified atom stereocenters. The van der Waals surface area contributed by atoms with Crippen molar-refractivity contribution < 1.29 is 19.8 Å². The Morgan fingerprint density at radius 2 is 1.76 bits per heavy atom. The van der Waals surface area contributed by atoms with E-state index >= 15 is 0 Å². The third-order valence-corrected chi connectivity index (χ3v) is 5.99. The first-order chi connectivity index (χ1) is 14.0. The molecule has 0 radical (unpaired) electrons. The first-order valence-corrected chi connectivity index (χ1v) is 10.1. The monoisotopic (exact) mass is 412 g/mol. The standard InChI is InChI=1S/C22H21ClN2O4/c23-16-12-14(6-7-17(16)26)19-18(20(27)13-8-10-24-11-9-13)21(28)22(29)25(19)15-4-2-1-3-5-15/h6-12,15,19,26-27H,1-5H2/b20-18-. The van der Waals surface area contributed by atoms with Crippen molar-refractivity contribution in [2.45, 2.75) is 44.2 Å². The number of hydrogen-bond donors (Lipinski definition) is 2. The van der Waals surface area contributed by atoms with E-state index in [-0.39, 0.29) is 28.1 Å². The SMILES string of the molecule is O=C1C(=O)N(C2CCCCC2)C(c2ccc(O)c(Cl)c2)/C1=C(/O)c1ccncc1. The molecule has 2 N–H and O–H groups in total. The number of likely N-dealkylation sites (tertiary alicyclic amines) is 1. The Balaban J connectivity index is 1.89. The van der Waals surface area contributed by atoms with Gasteiger partial charge in [0.2, 0.25) is 0 Å². The van der Waals surface area contributed by atoms with Gasteiger partial charge in [-0.3, -0.25) is 14.6 Å². The summed E-state index contributed by atoms with van der Waals surface area (Å²) in [6.45, 7) is 0. The van der Waals surface area contributed by atoms with Crippen LogP contribution >= 0.6 is 11.6 Å². The number of phenols is 1. The van der Waals surface area contributed by atoms with Gasteiger partial charge in [-0.25, -0.2) is 0 Å². The predicted molar refractivity (Wildman–Crippen MR) is 108 cm³/mol. The smallest absolute Gasteiger partial charge is 0.295 e. The fourth-order valence-electron chi connectivity index (χ4n) is 4.27. The quantitative estimate of drug-likeness (QED) is 0.448. The summed E-state index contributed by atoms with van der Waals surface area (Å²) in [6, 6.07) is 6.95. The summed E-state index contributed by atoms with van der Waals surface area (Å²) in [5.74, 6) is -1.64. The van der Waals surface area contributed by atoms with Crippen molar-refractivity contribution >= 4 is 29.1 Å². The highest BCUT2D eigenvalue weighted by molar-refractivity contribution is 6.46. The number of aromatic nitrogens is 1. The van der Waals surface area contributed by atoms with E-state index in [0.717, 1.165) is 32.1 Å². The number of nitrogens with zero attached hydrogens (tertiary/aromatic N) is 2. The van der Waals surface area contributed by atoms with Gasteiger partial charge in [-0.1, -0.05) is 36.9 Å². The zero-order valence-electron chi connectivity index (χ0n) is 15.7. The number of halogens is 1. The number of aromatic hydroxyl groups is 1. The Kier molecular flexibility index (Phi) is 5.28. The predicted octanol–water partition coefficient (Wildman–Crippen LogP) is 4.20. The van der Waals surface area contributed by atoms with Crippen LogP contribution in [0.2, 0.25) is 5.02 Å². The molecular weight excluding hydrogens is 392 g/mol. The summed E-state index contributed by atoms with van der Waals surface area (Å²) < 4.78 is 0. The van der Waals surface area contributed by atoms with Crippen LogP contribution in [0, 0.1) is 0 Å². The Bertz CT molecular complexity index is 984. The second-order valence-electron chi connectivity index (χ2n) is 7.44. The summed E-state index contributed by atoms with van der Waals surface area (Å²) in [6.07, 6.45) is 7.72. The van der Waals surface area contributed by atoms with E-state index in [2.05, 4.69) is 4.98 Å². The van der Waals surface area contributed by atoms with Crippen LogP contribution in [0.5, 0.6) is 5.75 Å². The molecule has 1 aromatic carbocycles. The van der Waals surface area contributed by atoms with E-state index in [1.54, 1.807) is 29.2 Å². The third-order valence-electron chi connectivity index (χ3n) is 5.69. The minimum absolute atomic E-state index is 0.0357. The lowest BCUT2D eigenvalue weighted by atomic mass is 9.91. The van der Waals surface area contributed by atoms with Crippen LogP contribution in [0.3, 0.4) is 0 Å². The molecule has 1 saturated carbocycles. The molecule has 1 aliphatic heterocycles. The Morgan fingerprint density at radius 3 is 2.41 bits per heavy atom. The topological polar surface area (TPSA) is 90.7 Å². The van der Waals surface area contributed by atoms with Crippen molar-refractivity contribution in [3.8, 4) is 5.75 Å². The number of hydrogen-bond acceptors (Lipinski definition) is 5. The van der Waals surface area contributed by atoms with E-state index in [1.807, 2.05) is 0 Å². The van der Waals surface area contributed by atoms with Crippen LogP contribution in [0.1, 0.15) is 49.3 Å². The van der Waals surface area contributed by atoms with Crippen LogP contribution in [0.15, 0.2) is 48.3 Å². The maximum atomic E-state index is 13.0. The zero-order valence-corrected chi connectivity index (χ0v) is 16.5. The van der Waals surface area contributed by atoms with Crippen molar-refractivity contribution in [2.24, 2.45) is 0 Å². The number of pyridine rings is 1. The lowest BCUT2D eigenvalue weighted by Crippen LogP contribution is -2.40. The van der Waals surface area contributed by atoms with Gasteiger partial charge in [0, 0.05) is 24.0 Å². The molecule has 1 saturated heterocycles. The molecule has 2 aromatic rings. The minimum atomic E-state index is -0.760. The van der Waals surface area contributed by atoms with Crippen LogP contribution < -0.4 is 0 Å². The molecule has 1 aliphatic carbocycles. The van der Waals surface area contributed by atoms with Gasteiger partial charge >= 0.3 is 0 Å². The first kappa shape index (κ1) is 19.5. The van der Waals surface area contributed by atoms with Gasteiger partial charge in [-0.15, -0.1) is 0 Å². The van der Waals surface area contributed by atoms with Gasteiger partial charge in [-0.2, -0.15) is 0 Å². The number of carbonyl (C=O) groups is 2. The number of phenolic OH excluding ortho intramolecular Hbond substituents is 1. The molecule has 2 aliphatic rings. The van der Waals surface area contributed by atoms with Gasteiger partial charge < -0.3 is 15.1 Å². The van der Waals surface area contributed by atoms with Crippen LogP contribution in [0.4, 0.5) is 0 Å².